The molecular weight excluding hydrogens is 194 g/mol. The summed E-state index contributed by atoms with van der Waals surface area (Å²) in [5, 5.41) is 7.46. The van der Waals surface area contributed by atoms with E-state index in [1.807, 2.05) is 18.2 Å². The van der Waals surface area contributed by atoms with Crippen molar-refractivity contribution in [3.05, 3.63) is 36.2 Å². The number of benzene rings is 1. The maximum absolute atomic E-state index is 5.57. The highest BCUT2D eigenvalue weighted by Crippen LogP contribution is 2.20. The molecule has 2 N–H and O–H groups in total. The summed E-state index contributed by atoms with van der Waals surface area (Å²) < 4.78 is 10.5. The van der Waals surface area contributed by atoms with Crippen LogP contribution in [0.3, 0.4) is 0 Å². The van der Waals surface area contributed by atoms with Crippen LogP contribution in [0, 0.1) is 0 Å². The van der Waals surface area contributed by atoms with Gasteiger partial charge in [0.25, 0.3) is 0 Å². The summed E-state index contributed by atoms with van der Waals surface area (Å²) >= 11 is 0. The molecule has 1 atom stereocenters. The summed E-state index contributed by atoms with van der Waals surface area (Å²) in [5.74, 6) is 1.01. The third-order valence-electron chi connectivity index (χ3n) is 1.76. The molecular formula is C10H11N3O2. The van der Waals surface area contributed by atoms with E-state index < -0.39 is 0 Å². The Labute approximate surface area is 86.9 Å². The lowest BCUT2D eigenvalue weighted by atomic mass is 10.3. The van der Waals surface area contributed by atoms with E-state index in [1.54, 1.807) is 19.1 Å². The lowest BCUT2D eigenvalue weighted by molar-refractivity contribution is 0.312. The molecule has 0 aliphatic heterocycles. The molecule has 0 fully saturated rings. The molecule has 2 rings (SSSR count). The monoisotopic (exact) mass is 205 g/mol. The Balaban J connectivity index is 2.12. The number of hydrogen-bond acceptors (Lipinski definition) is 5. The van der Waals surface area contributed by atoms with E-state index in [-0.39, 0.29) is 12.1 Å². The second-order valence-corrected chi connectivity index (χ2v) is 3.11. The molecule has 0 radical (unpaired) electrons. The van der Waals surface area contributed by atoms with Gasteiger partial charge in [-0.25, -0.2) is 0 Å². The Morgan fingerprint density at radius 2 is 2.00 bits per heavy atom. The first-order valence-electron chi connectivity index (χ1n) is 4.57. The molecule has 1 heterocycles. The highest BCUT2D eigenvalue weighted by Gasteiger charge is 2.10. The second kappa shape index (κ2) is 4.10. The molecule has 0 aliphatic rings. The molecule has 2 aromatic rings. The van der Waals surface area contributed by atoms with Crippen LogP contribution in [0.4, 0.5) is 0 Å². The van der Waals surface area contributed by atoms with Gasteiger partial charge in [-0.15, -0.1) is 5.10 Å². The number of aromatic nitrogens is 2. The highest BCUT2D eigenvalue weighted by atomic mass is 16.6. The second-order valence-electron chi connectivity index (χ2n) is 3.11. The van der Waals surface area contributed by atoms with E-state index >= 15 is 0 Å². The minimum atomic E-state index is -0.286. The molecule has 5 heteroatoms. The van der Waals surface area contributed by atoms with Gasteiger partial charge < -0.3 is 14.9 Å². The molecule has 5 nitrogen and oxygen atoms in total. The molecule has 1 aromatic carbocycles. The molecule has 0 saturated heterocycles. The van der Waals surface area contributed by atoms with Crippen molar-refractivity contribution in [1.82, 2.24) is 10.2 Å². The van der Waals surface area contributed by atoms with Crippen molar-refractivity contribution in [2.75, 3.05) is 0 Å². The quantitative estimate of drug-likeness (QED) is 0.828. The van der Waals surface area contributed by atoms with Gasteiger partial charge in [-0.3, -0.25) is 0 Å². The average molecular weight is 205 g/mol. The first kappa shape index (κ1) is 9.67. The van der Waals surface area contributed by atoms with Gasteiger partial charge in [0, 0.05) is 0 Å². The Hall–Kier alpha value is -1.88. The maximum atomic E-state index is 5.57. The van der Waals surface area contributed by atoms with Crippen LogP contribution in [-0.4, -0.2) is 10.2 Å². The van der Waals surface area contributed by atoms with Crippen LogP contribution < -0.4 is 10.5 Å². The number of ether oxygens (including phenoxy) is 1. The Kier molecular flexibility index (Phi) is 2.64. The zero-order valence-corrected chi connectivity index (χ0v) is 8.25. The molecule has 1 aromatic heterocycles. The van der Waals surface area contributed by atoms with Crippen LogP contribution in [0.5, 0.6) is 11.8 Å². The van der Waals surface area contributed by atoms with E-state index in [9.17, 15) is 0 Å². The summed E-state index contributed by atoms with van der Waals surface area (Å²) in [7, 11) is 0. The van der Waals surface area contributed by atoms with E-state index in [1.165, 1.54) is 0 Å². The topological polar surface area (TPSA) is 74.2 Å². The van der Waals surface area contributed by atoms with Crippen molar-refractivity contribution in [2.24, 2.45) is 5.73 Å². The minimum Gasteiger partial charge on any atom is -0.410 e. The van der Waals surface area contributed by atoms with Gasteiger partial charge in [0.1, 0.15) is 5.75 Å². The predicted molar refractivity (Wildman–Crippen MR) is 53.4 cm³/mol. The van der Waals surface area contributed by atoms with Gasteiger partial charge in [-0.2, -0.15) is 0 Å². The van der Waals surface area contributed by atoms with Crippen molar-refractivity contribution in [1.29, 1.82) is 0 Å². The molecule has 0 bridgehead atoms. The summed E-state index contributed by atoms with van der Waals surface area (Å²) in [5.41, 5.74) is 5.57. The van der Waals surface area contributed by atoms with Crippen LogP contribution in [0.2, 0.25) is 0 Å². The van der Waals surface area contributed by atoms with Gasteiger partial charge >= 0.3 is 6.08 Å². The zero-order valence-electron chi connectivity index (χ0n) is 8.25. The molecule has 0 amide bonds. The first-order chi connectivity index (χ1) is 7.25. The van der Waals surface area contributed by atoms with E-state index in [0.29, 0.717) is 11.6 Å². The summed E-state index contributed by atoms with van der Waals surface area (Å²) in [6.45, 7) is 1.76. The third kappa shape index (κ3) is 2.32. The largest absolute Gasteiger partial charge is 0.420 e. The summed E-state index contributed by atoms with van der Waals surface area (Å²) in [4.78, 5) is 0. The number of rotatable bonds is 3. The Morgan fingerprint density at radius 1 is 1.27 bits per heavy atom. The van der Waals surface area contributed by atoms with Crippen LogP contribution in [0.25, 0.3) is 0 Å². The van der Waals surface area contributed by atoms with Gasteiger partial charge in [0.05, 0.1) is 6.04 Å². The number of nitrogens with two attached hydrogens (primary N) is 1. The lowest BCUT2D eigenvalue weighted by Crippen LogP contribution is -2.04. The minimum absolute atomic E-state index is 0.105. The first-order valence-corrected chi connectivity index (χ1v) is 4.57. The third-order valence-corrected chi connectivity index (χ3v) is 1.76. The zero-order chi connectivity index (χ0) is 10.7. The van der Waals surface area contributed by atoms with Crippen LogP contribution in [-0.2, 0) is 0 Å². The van der Waals surface area contributed by atoms with Crippen LogP contribution in [0.15, 0.2) is 34.7 Å². The van der Waals surface area contributed by atoms with Crippen molar-refractivity contribution < 1.29 is 9.15 Å². The Bertz CT molecular complexity index is 425. The van der Waals surface area contributed by atoms with Gasteiger partial charge in [-0.05, 0) is 19.1 Å². The van der Waals surface area contributed by atoms with Crippen molar-refractivity contribution in [2.45, 2.75) is 13.0 Å². The molecule has 15 heavy (non-hydrogen) atoms. The summed E-state index contributed by atoms with van der Waals surface area (Å²) in [6, 6.07) is 8.93. The number of para-hydroxylation sites is 1. The number of hydrogen-bond donors (Lipinski definition) is 1. The average Bonchev–Trinajstić information content (AvgIpc) is 2.68. The normalized spacial score (nSPS) is 12.4. The standard InChI is InChI=1S/C10H11N3O2/c1-7(11)9-12-13-10(15-9)14-8-5-3-2-4-6-8/h2-7H,11H2,1H3. The predicted octanol–water partition coefficient (Wildman–Crippen LogP) is 1.88. The maximum Gasteiger partial charge on any atom is 0.420 e. The van der Waals surface area contributed by atoms with Crippen LogP contribution in [0.1, 0.15) is 18.9 Å². The SMILES string of the molecule is CC(N)c1nnc(Oc2ccccc2)o1. The van der Waals surface area contributed by atoms with Gasteiger partial charge in [0.2, 0.25) is 5.89 Å². The van der Waals surface area contributed by atoms with Crippen LogP contribution >= 0.6 is 0 Å². The van der Waals surface area contributed by atoms with Crippen molar-refractivity contribution in [3.63, 3.8) is 0 Å². The Morgan fingerprint density at radius 3 is 2.60 bits per heavy atom. The molecule has 1 unspecified atom stereocenters. The fourth-order valence-corrected chi connectivity index (χ4v) is 1.03. The summed E-state index contributed by atoms with van der Waals surface area (Å²) in [6.07, 6.45) is 0.105. The van der Waals surface area contributed by atoms with Crippen molar-refractivity contribution in [3.8, 4) is 11.8 Å². The molecule has 0 saturated carbocycles. The van der Waals surface area contributed by atoms with E-state index in [4.69, 9.17) is 14.9 Å². The molecule has 78 valence electrons. The lowest BCUT2D eigenvalue weighted by Gasteiger charge is -1.98. The van der Waals surface area contributed by atoms with Crippen molar-refractivity contribution >= 4 is 0 Å². The van der Waals surface area contributed by atoms with E-state index in [0.717, 1.165) is 0 Å². The molecule has 0 aliphatic carbocycles. The fraction of sp³-hybridized carbons (Fsp3) is 0.200. The van der Waals surface area contributed by atoms with E-state index in [2.05, 4.69) is 10.2 Å². The smallest absolute Gasteiger partial charge is 0.410 e. The van der Waals surface area contributed by atoms with Gasteiger partial charge in [-0.1, -0.05) is 23.3 Å². The highest BCUT2D eigenvalue weighted by molar-refractivity contribution is 5.23. The van der Waals surface area contributed by atoms with Gasteiger partial charge in [0.15, 0.2) is 0 Å². The fourth-order valence-electron chi connectivity index (χ4n) is 1.03. The number of nitrogens with zero attached hydrogens (tertiary/aromatic N) is 2. The molecule has 0 spiro atoms.